The molecule has 3 aromatic rings. The van der Waals surface area contributed by atoms with Crippen LogP contribution in [0.25, 0.3) is 5.78 Å². The Morgan fingerprint density at radius 2 is 2.11 bits per heavy atom. The molecule has 1 atom stereocenters. The van der Waals surface area contributed by atoms with Crippen molar-refractivity contribution < 1.29 is 4.79 Å². The van der Waals surface area contributed by atoms with Crippen molar-refractivity contribution in [2.45, 2.75) is 38.6 Å². The van der Waals surface area contributed by atoms with Crippen LogP contribution in [0.2, 0.25) is 0 Å². The van der Waals surface area contributed by atoms with E-state index in [0.717, 1.165) is 43.7 Å². The van der Waals surface area contributed by atoms with Gasteiger partial charge in [0.1, 0.15) is 12.1 Å². The number of amides is 1. The molecule has 1 aliphatic heterocycles. The van der Waals surface area contributed by atoms with Gasteiger partial charge in [0.25, 0.3) is 11.7 Å². The molecule has 0 saturated carbocycles. The highest BCUT2D eigenvalue weighted by Crippen LogP contribution is 2.25. The number of nitrogens with one attached hydrogen (secondary N) is 1. The summed E-state index contributed by atoms with van der Waals surface area (Å²) < 4.78 is 1.80. The Morgan fingerprint density at radius 1 is 1.26 bits per heavy atom. The summed E-state index contributed by atoms with van der Waals surface area (Å²) in [5, 5.41) is 7.46. The molecule has 3 heterocycles. The Morgan fingerprint density at radius 3 is 2.93 bits per heavy atom. The smallest absolute Gasteiger partial charge is 0.254 e. The molecule has 1 saturated heterocycles. The van der Waals surface area contributed by atoms with Crippen molar-refractivity contribution in [2.75, 3.05) is 18.0 Å². The van der Waals surface area contributed by atoms with E-state index in [9.17, 15) is 4.79 Å². The molecule has 4 rings (SSSR count). The third kappa shape index (κ3) is 3.63. The molecule has 1 N–H and O–H groups in total. The minimum atomic E-state index is -0.0315. The van der Waals surface area contributed by atoms with Gasteiger partial charge in [0.2, 0.25) is 0 Å². The average Bonchev–Trinajstić information content (AvgIpc) is 3.21. The lowest BCUT2D eigenvalue weighted by atomic mass is 10.0. The predicted molar refractivity (Wildman–Crippen MR) is 104 cm³/mol. The number of rotatable bonds is 5. The fraction of sp³-hybridized carbons (Fsp3) is 0.400. The molecule has 27 heavy (non-hydrogen) atoms. The molecule has 0 radical (unpaired) electrons. The summed E-state index contributed by atoms with van der Waals surface area (Å²) >= 11 is 0. The number of fused-ring (bicyclic) bond motifs is 1. The summed E-state index contributed by atoms with van der Waals surface area (Å²) in [7, 11) is 0. The van der Waals surface area contributed by atoms with E-state index in [1.54, 1.807) is 10.8 Å². The van der Waals surface area contributed by atoms with Crippen molar-refractivity contribution in [1.29, 1.82) is 0 Å². The lowest BCUT2D eigenvalue weighted by molar-refractivity contribution is 0.0949. The number of anilines is 1. The molecular formula is C20H24N6O. The van der Waals surface area contributed by atoms with Crippen molar-refractivity contribution in [3.05, 3.63) is 54.0 Å². The SMILES string of the molecule is CCc1cc(N2CCCCC2CNC(=O)c2ccccc2)n2ncnc2n1. The Labute approximate surface area is 158 Å². The van der Waals surface area contributed by atoms with Crippen LogP contribution in [0.4, 0.5) is 5.82 Å². The van der Waals surface area contributed by atoms with Crippen LogP contribution in [0.5, 0.6) is 0 Å². The summed E-state index contributed by atoms with van der Waals surface area (Å²) in [6.07, 6.45) is 5.72. The van der Waals surface area contributed by atoms with Gasteiger partial charge in [-0.05, 0) is 37.8 Å². The summed E-state index contributed by atoms with van der Waals surface area (Å²) in [6.45, 7) is 3.63. The highest BCUT2D eigenvalue weighted by Gasteiger charge is 2.26. The number of hydrogen-bond acceptors (Lipinski definition) is 5. The standard InChI is InChI=1S/C20H24N6O/c1-2-16-12-18(26-20(24-16)22-14-23-26)25-11-7-6-10-17(25)13-21-19(27)15-8-4-3-5-9-15/h3-5,8-9,12,14,17H,2,6-7,10-11,13H2,1H3,(H,21,27). The molecular weight excluding hydrogens is 340 g/mol. The van der Waals surface area contributed by atoms with Crippen molar-refractivity contribution >= 4 is 17.5 Å². The highest BCUT2D eigenvalue weighted by molar-refractivity contribution is 5.94. The number of nitrogens with zero attached hydrogens (tertiary/aromatic N) is 5. The van der Waals surface area contributed by atoms with Crippen LogP contribution < -0.4 is 10.2 Å². The second kappa shape index (κ2) is 7.73. The van der Waals surface area contributed by atoms with Crippen molar-refractivity contribution in [1.82, 2.24) is 24.9 Å². The molecule has 2 aromatic heterocycles. The molecule has 140 valence electrons. The number of benzene rings is 1. The number of aryl methyl sites for hydroxylation is 1. The minimum Gasteiger partial charge on any atom is -0.352 e. The fourth-order valence-electron chi connectivity index (χ4n) is 3.65. The summed E-state index contributed by atoms with van der Waals surface area (Å²) in [5.41, 5.74) is 1.69. The molecule has 7 nitrogen and oxygen atoms in total. The fourth-order valence-corrected chi connectivity index (χ4v) is 3.65. The highest BCUT2D eigenvalue weighted by atomic mass is 16.1. The molecule has 7 heteroatoms. The van der Waals surface area contributed by atoms with Crippen molar-refractivity contribution in [3.8, 4) is 0 Å². The van der Waals surface area contributed by atoms with Crippen molar-refractivity contribution in [2.24, 2.45) is 0 Å². The largest absolute Gasteiger partial charge is 0.352 e. The van der Waals surface area contributed by atoms with Gasteiger partial charge in [-0.2, -0.15) is 14.6 Å². The van der Waals surface area contributed by atoms with Gasteiger partial charge in [-0.3, -0.25) is 4.79 Å². The minimum absolute atomic E-state index is 0.0315. The maximum atomic E-state index is 12.4. The zero-order chi connectivity index (χ0) is 18.6. The van der Waals surface area contributed by atoms with E-state index < -0.39 is 0 Å². The monoisotopic (exact) mass is 364 g/mol. The number of hydrogen-bond donors (Lipinski definition) is 1. The zero-order valence-electron chi connectivity index (χ0n) is 15.5. The summed E-state index contributed by atoms with van der Waals surface area (Å²) in [4.78, 5) is 23.6. The molecule has 1 aliphatic rings. The number of carbonyl (C=O) groups excluding carboxylic acids is 1. The molecule has 0 bridgehead atoms. The van der Waals surface area contributed by atoms with Gasteiger partial charge in [-0.15, -0.1) is 0 Å². The zero-order valence-corrected chi connectivity index (χ0v) is 15.5. The van der Waals surface area contributed by atoms with E-state index in [-0.39, 0.29) is 11.9 Å². The normalized spacial score (nSPS) is 17.2. The maximum Gasteiger partial charge on any atom is 0.254 e. The van der Waals surface area contributed by atoms with Gasteiger partial charge in [-0.1, -0.05) is 25.1 Å². The third-order valence-electron chi connectivity index (χ3n) is 5.10. The summed E-state index contributed by atoms with van der Waals surface area (Å²) in [6, 6.07) is 11.7. The van der Waals surface area contributed by atoms with Gasteiger partial charge in [0.15, 0.2) is 0 Å². The molecule has 1 amide bonds. The van der Waals surface area contributed by atoms with Crippen LogP contribution in [0.3, 0.4) is 0 Å². The number of carbonyl (C=O) groups is 1. The van der Waals surface area contributed by atoms with Gasteiger partial charge in [0.05, 0.1) is 0 Å². The van der Waals surface area contributed by atoms with E-state index in [0.29, 0.717) is 17.9 Å². The molecule has 1 aromatic carbocycles. The van der Waals surface area contributed by atoms with Gasteiger partial charge >= 0.3 is 0 Å². The van der Waals surface area contributed by atoms with Crippen LogP contribution >= 0.6 is 0 Å². The quantitative estimate of drug-likeness (QED) is 0.753. The first kappa shape index (κ1) is 17.5. The molecule has 0 spiro atoms. The topological polar surface area (TPSA) is 75.4 Å². The van der Waals surface area contributed by atoms with E-state index in [4.69, 9.17) is 0 Å². The molecule has 1 fully saturated rings. The van der Waals surface area contributed by atoms with Gasteiger partial charge in [0, 0.05) is 36.5 Å². The van der Waals surface area contributed by atoms with E-state index in [1.807, 2.05) is 30.3 Å². The van der Waals surface area contributed by atoms with E-state index >= 15 is 0 Å². The second-order valence-corrected chi connectivity index (χ2v) is 6.85. The van der Waals surface area contributed by atoms with E-state index in [2.05, 4.69) is 38.3 Å². The maximum absolute atomic E-state index is 12.4. The second-order valence-electron chi connectivity index (χ2n) is 6.85. The average molecular weight is 364 g/mol. The Hall–Kier alpha value is -2.96. The Balaban J connectivity index is 1.56. The van der Waals surface area contributed by atoms with Crippen LogP contribution in [0.1, 0.15) is 42.2 Å². The Bertz CT molecular complexity index is 923. The number of piperidine rings is 1. The first-order valence-electron chi connectivity index (χ1n) is 9.56. The third-order valence-corrected chi connectivity index (χ3v) is 5.10. The Kier molecular flexibility index (Phi) is 5.00. The summed E-state index contributed by atoms with van der Waals surface area (Å²) in [5.74, 6) is 1.60. The first-order valence-corrected chi connectivity index (χ1v) is 9.56. The molecule has 1 unspecified atom stereocenters. The van der Waals surface area contributed by atoms with Gasteiger partial charge in [-0.25, -0.2) is 4.98 Å². The van der Waals surface area contributed by atoms with Crippen LogP contribution in [0, 0.1) is 0 Å². The lowest BCUT2D eigenvalue weighted by Gasteiger charge is -2.37. The lowest BCUT2D eigenvalue weighted by Crippen LogP contribution is -2.47. The molecule has 0 aliphatic carbocycles. The van der Waals surface area contributed by atoms with E-state index in [1.165, 1.54) is 0 Å². The van der Waals surface area contributed by atoms with Gasteiger partial charge < -0.3 is 10.2 Å². The number of aromatic nitrogens is 4. The van der Waals surface area contributed by atoms with Crippen LogP contribution in [-0.4, -0.2) is 44.6 Å². The van der Waals surface area contributed by atoms with Crippen LogP contribution in [0.15, 0.2) is 42.7 Å². The first-order chi connectivity index (χ1) is 13.3. The van der Waals surface area contributed by atoms with Crippen molar-refractivity contribution in [3.63, 3.8) is 0 Å². The predicted octanol–water partition coefficient (Wildman–Crippen LogP) is 2.48. The van der Waals surface area contributed by atoms with Crippen LogP contribution in [-0.2, 0) is 6.42 Å².